The molecule has 0 spiro atoms. The van der Waals surface area contributed by atoms with Crippen LogP contribution in [0.2, 0.25) is 0 Å². The first-order chi connectivity index (χ1) is 7.77. The van der Waals surface area contributed by atoms with Crippen molar-refractivity contribution in [3.63, 3.8) is 0 Å². The van der Waals surface area contributed by atoms with Crippen LogP contribution in [0.5, 0.6) is 0 Å². The van der Waals surface area contributed by atoms with Gasteiger partial charge in [-0.25, -0.2) is 9.98 Å². The lowest BCUT2D eigenvalue weighted by Crippen LogP contribution is -2.37. The molecule has 0 saturated carbocycles. The quantitative estimate of drug-likeness (QED) is 0.408. The van der Waals surface area contributed by atoms with Crippen molar-refractivity contribution in [2.45, 2.75) is 13.5 Å². The van der Waals surface area contributed by atoms with Gasteiger partial charge in [-0.1, -0.05) is 5.92 Å². The maximum Gasteiger partial charge on any atom is 0.192 e. The van der Waals surface area contributed by atoms with E-state index in [1.807, 2.05) is 14.0 Å². The largest absolute Gasteiger partial charge is 0.357 e. The first-order valence-electron chi connectivity index (χ1n) is 5.06. The van der Waals surface area contributed by atoms with E-state index in [1.54, 1.807) is 4.68 Å². The summed E-state index contributed by atoms with van der Waals surface area (Å²) in [6.07, 6.45) is 6.67. The Bertz CT molecular complexity index is 386. The Hall–Kier alpha value is -2.03. The summed E-state index contributed by atoms with van der Waals surface area (Å²) in [4.78, 5) is 8.41. The van der Waals surface area contributed by atoms with Gasteiger partial charge in [0.25, 0.3) is 0 Å². The summed E-state index contributed by atoms with van der Waals surface area (Å²) in [5.41, 5.74) is 0. The SMILES string of the molecule is C#CCNC(=NCc1ncnn1C)NCC. The standard InChI is InChI=1S/C10H16N6/c1-4-6-12-10(11-5-2)13-7-9-14-8-15-16(9)3/h1,8H,5-7H2,2-3H3,(H2,11,12,13). The highest BCUT2D eigenvalue weighted by Crippen LogP contribution is 1.92. The van der Waals surface area contributed by atoms with Gasteiger partial charge in [0.1, 0.15) is 18.7 Å². The summed E-state index contributed by atoms with van der Waals surface area (Å²) >= 11 is 0. The molecule has 16 heavy (non-hydrogen) atoms. The number of nitrogens with one attached hydrogen (secondary N) is 2. The van der Waals surface area contributed by atoms with Crippen molar-refractivity contribution in [2.75, 3.05) is 13.1 Å². The molecule has 0 radical (unpaired) electrons. The number of terminal acetylenes is 1. The molecule has 0 aliphatic rings. The zero-order chi connectivity index (χ0) is 11.8. The van der Waals surface area contributed by atoms with Gasteiger partial charge in [-0.2, -0.15) is 5.10 Å². The molecule has 1 rings (SSSR count). The van der Waals surface area contributed by atoms with Crippen molar-refractivity contribution in [3.05, 3.63) is 12.2 Å². The molecule has 1 heterocycles. The zero-order valence-electron chi connectivity index (χ0n) is 9.56. The molecule has 6 nitrogen and oxygen atoms in total. The van der Waals surface area contributed by atoms with Crippen LogP contribution < -0.4 is 10.6 Å². The maximum absolute atomic E-state index is 5.17. The lowest BCUT2D eigenvalue weighted by Gasteiger charge is -2.08. The van der Waals surface area contributed by atoms with Crippen LogP contribution in [0.1, 0.15) is 12.7 Å². The molecule has 2 N–H and O–H groups in total. The van der Waals surface area contributed by atoms with Crippen molar-refractivity contribution in [1.29, 1.82) is 0 Å². The lowest BCUT2D eigenvalue weighted by molar-refractivity contribution is 0.699. The average molecular weight is 220 g/mol. The number of hydrogen-bond acceptors (Lipinski definition) is 3. The number of guanidine groups is 1. The van der Waals surface area contributed by atoms with E-state index >= 15 is 0 Å². The highest BCUT2D eigenvalue weighted by atomic mass is 15.3. The predicted molar refractivity (Wildman–Crippen MR) is 62.7 cm³/mol. The van der Waals surface area contributed by atoms with Gasteiger partial charge in [-0.3, -0.25) is 4.68 Å². The number of nitrogens with zero attached hydrogens (tertiary/aromatic N) is 4. The third kappa shape index (κ3) is 3.61. The van der Waals surface area contributed by atoms with Crippen LogP contribution >= 0.6 is 0 Å². The minimum absolute atomic E-state index is 0.449. The molecular formula is C10H16N6. The Morgan fingerprint density at radius 1 is 1.62 bits per heavy atom. The Labute approximate surface area is 95.2 Å². The summed E-state index contributed by atoms with van der Waals surface area (Å²) in [5, 5.41) is 10.0. The normalized spacial score (nSPS) is 10.9. The third-order valence-electron chi connectivity index (χ3n) is 1.89. The molecule has 86 valence electrons. The smallest absolute Gasteiger partial charge is 0.192 e. The molecule has 0 aliphatic carbocycles. The van der Waals surface area contributed by atoms with Gasteiger partial charge < -0.3 is 10.6 Å². The molecule has 0 unspecified atom stereocenters. The lowest BCUT2D eigenvalue weighted by atomic mass is 10.6. The Morgan fingerprint density at radius 2 is 2.44 bits per heavy atom. The van der Waals surface area contributed by atoms with Crippen LogP contribution in [0, 0.1) is 12.3 Å². The van der Waals surface area contributed by atoms with E-state index in [4.69, 9.17) is 6.42 Å². The van der Waals surface area contributed by atoms with Crippen LogP contribution in [0.25, 0.3) is 0 Å². The molecule has 0 aliphatic heterocycles. The van der Waals surface area contributed by atoms with E-state index in [0.29, 0.717) is 19.0 Å². The second kappa shape index (κ2) is 6.45. The molecule has 0 atom stereocenters. The van der Waals surface area contributed by atoms with Gasteiger partial charge in [-0.15, -0.1) is 6.42 Å². The van der Waals surface area contributed by atoms with Crippen LogP contribution in [-0.2, 0) is 13.6 Å². The molecule has 0 saturated heterocycles. The minimum atomic E-state index is 0.449. The number of hydrogen-bond donors (Lipinski definition) is 2. The number of aryl methyl sites for hydroxylation is 1. The molecule has 6 heteroatoms. The van der Waals surface area contributed by atoms with Gasteiger partial charge in [0.2, 0.25) is 0 Å². The number of aromatic nitrogens is 3. The van der Waals surface area contributed by atoms with Crippen molar-refractivity contribution >= 4 is 5.96 Å². The maximum atomic E-state index is 5.17. The Morgan fingerprint density at radius 3 is 3.00 bits per heavy atom. The number of aliphatic imine (C=N–C) groups is 1. The molecule has 1 aromatic rings. The highest BCUT2D eigenvalue weighted by Gasteiger charge is 2.00. The monoisotopic (exact) mass is 220 g/mol. The van der Waals surface area contributed by atoms with Gasteiger partial charge in [0, 0.05) is 13.6 Å². The molecular weight excluding hydrogens is 204 g/mol. The first kappa shape index (κ1) is 12.0. The van der Waals surface area contributed by atoms with Gasteiger partial charge in [0.05, 0.1) is 6.54 Å². The second-order valence-corrected chi connectivity index (χ2v) is 3.05. The summed E-state index contributed by atoms with van der Waals surface area (Å²) in [7, 11) is 1.83. The molecule has 0 aromatic carbocycles. The fourth-order valence-corrected chi connectivity index (χ4v) is 1.09. The highest BCUT2D eigenvalue weighted by molar-refractivity contribution is 5.79. The summed E-state index contributed by atoms with van der Waals surface area (Å²) in [6.45, 7) is 3.70. The average Bonchev–Trinajstić information content (AvgIpc) is 2.68. The fourth-order valence-electron chi connectivity index (χ4n) is 1.09. The molecule has 0 fully saturated rings. The third-order valence-corrected chi connectivity index (χ3v) is 1.89. The van der Waals surface area contributed by atoms with Gasteiger partial charge in [0.15, 0.2) is 5.96 Å². The van der Waals surface area contributed by atoms with E-state index < -0.39 is 0 Å². The van der Waals surface area contributed by atoms with Crippen molar-refractivity contribution < 1.29 is 0 Å². The topological polar surface area (TPSA) is 67.1 Å². The summed E-state index contributed by atoms with van der Waals surface area (Å²) in [6, 6.07) is 0. The summed E-state index contributed by atoms with van der Waals surface area (Å²) in [5.74, 6) is 3.98. The zero-order valence-corrected chi connectivity index (χ0v) is 9.56. The second-order valence-electron chi connectivity index (χ2n) is 3.05. The first-order valence-corrected chi connectivity index (χ1v) is 5.06. The van der Waals surface area contributed by atoms with E-state index in [9.17, 15) is 0 Å². The van der Waals surface area contributed by atoms with E-state index in [2.05, 4.69) is 31.6 Å². The van der Waals surface area contributed by atoms with Gasteiger partial charge >= 0.3 is 0 Å². The van der Waals surface area contributed by atoms with Crippen molar-refractivity contribution in [2.24, 2.45) is 12.0 Å². The van der Waals surface area contributed by atoms with Crippen LogP contribution in [0.4, 0.5) is 0 Å². The van der Waals surface area contributed by atoms with Gasteiger partial charge in [-0.05, 0) is 6.92 Å². The van der Waals surface area contributed by atoms with Crippen LogP contribution in [0.3, 0.4) is 0 Å². The molecule has 0 amide bonds. The van der Waals surface area contributed by atoms with E-state index in [0.717, 1.165) is 12.4 Å². The Balaban J connectivity index is 2.57. The van der Waals surface area contributed by atoms with Crippen LogP contribution in [0.15, 0.2) is 11.3 Å². The van der Waals surface area contributed by atoms with Crippen molar-refractivity contribution in [1.82, 2.24) is 25.4 Å². The predicted octanol–water partition coefficient (Wildman–Crippen LogP) is -0.497. The van der Waals surface area contributed by atoms with Crippen molar-refractivity contribution in [3.8, 4) is 12.3 Å². The minimum Gasteiger partial charge on any atom is -0.357 e. The molecule has 1 aromatic heterocycles. The summed E-state index contributed by atoms with van der Waals surface area (Å²) < 4.78 is 1.69. The fraction of sp³-hybridized carbons (Fsp3) is 0.500. The van der Waals surface area contributed by atoms with E-state index in [1.165, 1.54) is 6.33 Å². The number of rotatable bonds is 4. The van der Waals surface area contributed by atoms with E-state index in [-0.39, 0.29) is 0 Å². The van der Waals surface area contributed by atoms with Crippen LogP contribution in [-0.4, -0.2) is 33.8 Å². The Kier molecular flexibility index (Phi) is 4.86. The molecule has 0 bridgehead atoms.